The van der Waals surface area contributed by atoms with Crippen LogP contribution in [0.1, 0.15) is 72.4 Å². The third-order valence-corrected chi connectivity index (χ3v) is 14.2. The van der Waals surface area contributed by atoms with Crippen LogP contribution in [0.3, 0.4) is 0 Å². The minimum absolute atomic E-state index is 0.0223. The second kappa shape index (κ2) is 25.5. The molecule has 0 saturated carbocycles. The van der Waals surface area contributed by atoms with Gasteiger partial charge in [0, 0.05) is 37.1 Å². The fourth-order valence-corrected chi connectivity index (χ4v) is 9.99. The lowest BCUT2D eigenvalue weighted by Crippen LogP contribution is -2.48. The number of anilines is 1. The zero-order chi connectivity index (χ0) is 50.6. The van der Waals surface area contributed by atoms with Crippen molar-refractivity contribution in [3.8, 4) is 0 Å². The van der Waals surface area contributed by atoms with Gasteiger partial charge in [0.15, 0.2) is 24.0 Å². The molecule has 4 rings (SSSR count). The molecule has 28 nitrogen and oxygen atoms in total. The lowest BCUT2D eigenvalue weighted by molar-refractivity contribution is -0.273. The SMILES string of the molecule is C[C@H](CCCC/C=C/C(=O)SCCNC(=O)CCNC(=O)[C@H](O)C(C)(C)COP(=O)(O)OP(=O)(O)OC[C@H]1O[C@@H](n2cnc3c(N)ncnc32)[C@H](O)[C@@H]1OP(=O)(O)O)O[C@@H]1O[C@@H](C)[C@H](O)C[C@H]1O. The monoisotopic (exact) mass is 1050 g/mol. The van der Waals surface area contributed by atoms with Crippen molar-refractivity contribution in [1.82, 2.24) is 30.2 Å². The van der Waals surface area contributed by atoms with E-state index in [9.17, 15) is 68.1 Å². The van der Waals surface area contributed by atoms with Crippen molar-refractivity contribution in [2.45, 2.75) is 128 Å². The van der Waals surface area contributed by atoms with Crippen LogP contribution in [-0.2, 0) is 60.2 Å². The number of nitrogen functional groups attached to an aromatic ring is 1. The van der Waals surface area contributed by atoms with E-state index in [0.29, 0.717) is 12.8 Å². The number of fused-ring (bicyclic) bond motifs is 1. The quantitative estimate of drug-likeness (QED) is 0.0320. The first-order valence-corrected chi connectivity index (χ1v) is 26.6. The smallest absolute Gasteiger partial charge is 0.390 e. The van der Waals surface area contributed by atoms with Crippen LogP contribution in [0.5, 0.6) is 0 Å². The van der Waals surface area contributed by atoms with Gasteiger partial charge in [0.1, 0.15) is 42.4 Å². The number of aliphatic hydroxyl groups excluding tert-OH is 4. The number of carbonyl (C=O) groups is 3. The molecule has 2 unspecified atom stereocenters. The molecule has 4 heterocycles. The number of nitrogens with two attached hydrogens (primary N) is 1. The van der Waals surface area contributed by atoms with E-state index < -0.39 is 109 Å². The van der Waals surface area contributed by atoms with Crippen molar-refractivity contribution >= 4 is 69.1 Å². The number of rotatable bonds is 27. The summed E-state index contributed by atoms with van der Waals surface area (Å²) in [7, 11) is -16.5. The molecule has 32 heteroatoms. The Morgan fingerprint density at radius 3 is 2.43 bits per heavy atom. The highest BCUT2D eigenvalue weighted by atomic mass is 32.2. The van der Waals surface area contributed by atoms with Crippen LogP contribution in [0.15, 0.2) is 24.8 Å². The van der Waals surface area contributed by atoms with Crippen LogP contribution >= 0.6 is 35.2 Å². The first kappa shape index (κ1) is 57.7. The van der Waals surface area contributed by atoms with E-state index in [1.807, 2.05) is 6.92 Å². The number of nitrogens with one attached hydrogen (secondary N) is 2. The van der Waals surface area contributed by atoms with Gasteiger partial charge in [-0.05, 0) is 39.2 Å². The highest BCUT2D eigenvalue weighted by molar-refractivity contribution is 8.14. The van der Waals surface area contributed by atoms with E-state index >= 15 is 0 Å². The number of thioether (sulfide) groups is 1. The van der Waals surface area contributed by atoms with Crippen molar-refractivity contribution in [2.75, 3.05) is 37.8 Å². The van der Waals surface area contributed by atoms with E-state index in [-0.39, 0.29) is 59.9 Å². The van der Waals surface area contributed by atoms with Crippen molar-refractivity contribution in [3.63, 3.8) is 0 Å². The fourth-order valence-electron chi connectivity index (χ4n) is 6.57. The third kappa shape index (κ3) is 18.1. The molecular weight excluding hydrogens is 991 g/mol. The number of imidazole rings is 1. The van der Waals surface area contributed by atoms with Gasteiger partial charge in [-0.15, -0.1) is 0 Å². The minimum atomic E-state index is -5.59. The van der Waals surface area contributed by atoms with Gasteiger partial charge in [-0.1, -0.05) is 38.1 Å². The molecule has 0 radical (unpaired) electrons. The summed E-state index contributed by atoms with van der Waals surface area (Å²) in [6.45, 7) is 3.94. The Hall–Kier alpha value is -2.86. The van der Waals surface area contributed by atoms with E-state index in [0.717, 1.165) is 41.8 Å². The summed E-state index contributed by atoms with van der Waals surface area (Å²) in [4.78, 5) is 88.3. The molecule has 0 aliphatic carbocycles. The summed E-state index contributed by atoms with van der Waals surface area (Å²) >= 11 is 0.997. The number of aromatic nitrogens is 4. The van der Waals surface area contributed by atoms with Gasteiger partial charge in [0.25, 0.3) is 0 Å². The Labute approximate surface area is 394 Å². The number of hydrogen-bond donors (Lipinski definition) is 11. The predicted molar refractivity (Wildman–Crippen MR) is 236 cm³/mol. The van der Waals surface area contributed by atoms with Crippen molar-refractivity contribution in [3.05, 3.63) is 24.8 Å². The van der Waals surface area contributed by atoms with Crippen LogP contribution in [0, 0.1) is 5.41 Å². The Kier molecular flexibility index (Phi) is 21.6. The predicted octanol–water partition coefficient (Wildman–Crippen LogP) is 0.0431. The molecule has 68 heavy (non-hydrogen) atoms. The number of unbranched alkanes of at least 4 members (excludes halogenated alkanes) is 2. The number of nitrogens with zero attached hydrogens (tertiary/aromatic N) is 4. The molecule has 2 fully saturated rings. The van der Waals surface area contributed by atoms with Gasteiger partial charge >= 0.3 is 23.5 Å². The topological polar surface area (TPSA) is 423 Å². The molecule has 2 saturated heterocycles. The second-order valence-electron chi connectivity index (χ2n) is 16.5. The average molecular weight is 1050 g/mol. The van der Waals surface area contributed by atoms with Crippen LogP contribution < -0.4 is 16.4 Å². The van der Waals surface area contributed by atoms with Crippen LogP contribution in [0.2, 0.25) is 0 Å². The highest BCUT2D eigenvalue weighted by Crippen LogP contribution is 2.61. The molecule has 2 aromatic rings. The van der Waals surface area contributed by atoms with Gasteiger partial charge in [-0.25, -0.2) is 28.6 Å². The molecule has 2 aliphatic heterocycles. The summed E-state index contributed by atoms with van der Waals surface area (Å²) in [6, 6.07) is 0. The first-order valence-electron chi connectivity index (χ1n) is 21.1. The molecule has 0 spiro atoms. The molecule has 0 aromatic carbocycles. The molecule has 386 valence electrons. The van der Waals surface area contributed by atoms with E-state index in [4.69, 9.17) is 29.0 Å². The third-order valence-electron chi connectivity index (χ3n) is 10.3. The molecule has 0 bridgehead atoms. The van der Waals surface area contributed by atoms with Crippen molar-refractivity contribution in [2.24, 2.45) is 5.41 Å². The number of hydrogen-bond acceptors (Lipinski definition) is 22. The maximum Gasteiger partial charge on any atom is 0.481 e. The number of ether oxygens (including phenoxy) is 3. The number of aliphatic hydroxyl groups is 4. The maximum atomic E-state index is 12.7. The number of phosphoric acid groups is 3. The Morgan fingerprint density at radius 2 is 1.72 bits per heavy atom. The summed E-state index contributed by atoms with van der Waals surface area (Å²) in [5.74, 6) is -1.24. The number of carbonyl (C=O) groups excluding carboxylic acids is 3. The molecule has 12 N–H and O–H groups in total. The van der Waals surface area contributed by atoms with Gasteiger partial charge in [-0.2, -0.15) is 4.31 Å². The zero-order valence-corrected chi connectivity index (χ0v) is 40.9. The lowest BCUT2D eigenvalue weighted by Gasteiger charge is -2.36. The van der Waals surface area contributed by atoms with E-state index in [1.165, 1.54) is 19.9 Å². The summed E-state index contributed by atoms with van der Waals surface area (Å²) in [5, 5.41) is 46.2. The number of allylic oxidation sites excluding steroid dienone is 1. The Morgan fingerprint density at radius 1 is 1.01 bits per heavy atom. The van der Waals surface area contributed by atoms with Crippen LogP contribution in [-0.4, -0.2) is 164 Å². The van der Waals surface area contributed by atoms with Crippen molar-refractivity contribution < 1.29 is 100 Å². The second-order valence-corrected chi connectivity index (χ2v) is 21.8. The standard InChI is InChI=1S/C36H60N7O21P3S/c1-20(60-35-23(45)15-22(44)21(2)61-35)9-7-5-6-8-10-26(47)68-14-13-38-25(46)11-12-39-33(50)30(49)36(3,4)17-59-67(56,57)64-66(54,55)58-16-24-29(63-65(51,52)53)28(48)34(62-24)43-19-42-27-31(37)40-18-41-32(27)43/h8,10,18-24,28-30,34-35,44-45,48-49H,5-7,9,11-17H2,1-4H3,(H,38,46)(H,39,50)(H,54,55)(H,56,57)(H2,37,40,41)(H2,51,52,53)/b10-8+/t20-,21+,22-,23-,24-,28-,29-,30+,34-,35-/m1/s1. The molecule has 2 amide bonds. The lowest BCUT2D eigenvalue weighted by atomic mass is 9.87. The maximum absolute atomic E-state index is 12.7. The molecule has 12 atom stereocenters. The van der Waals surface area contributed by atoms with Gasteiger partial charge < -0.3 is 70.6 Å². The number of amides is 2. The Balaban J connectivity index is 1.11. The molecule has 2 aromatic heterocycles. The molecule has 2 aliphatic rings. The first-order chi connectivity index (χ1) is 31.7. The number of phosphoric ester groups is 3. The Bertz CT molecular complexity index is 2190. The summed E-state index contributed by atoms with van der Waals surface area (Å²) in [6.07, 6.45) is -3.71. The largest absolute Gasteiger partial charge is 0.481 e. The van der Waals surface area contributed by atoms with E-state index in [1.54, 1.807) is 13.0 Å². The summed E-state index contributed by atoms with van der Waals surface area (Å²) in [5.41, 5.74) is 4.23. The highest BCUT2D eigenvalue weighted by Gasteiger charge is 2.50. The molecular formula is C36H60N7O21P3S. The normalized spacial score (nSPS) is 26.3. The minimum Gasteiger partial charge on any atom is -0.390 e. The average Bonchev–Trinajstić information content (AvgIpc) is 3.80. The van der Waals surface area contributed by atoms with E-state index in [2.05, 4.69) is 34.4 Å². The van der Waals surface area contributed by atoms with Gasteiger partial charge in [-0.3, -0.25) is 32.5 Å². The van der Waals surface area contributed by atoms with Crippen LogP contribution in [0.25, 0.3) is 11.2 Å². The van der Waals surface area contributed by atoms with Gasteiger partial charge in [0.2, 0.25) is 16.9 Å². The van der Waals surface area contributed by atoms with Crippen LogP contribution in [0.4, 0.5) is 5.82 Å². The summed E-state index contributed by atoms with van der Waals surface area (Å²) < 4.78 is 73.7. The zero-order valence-electron chi connectivity index (χ0n) is 37.4. The van der Waals surface area contributed by atoms with Gasteiger partial charge in [0.05, 0.1) is 37.9 Å². The van der Waals surface area contributed by atoms with Crippen molar-refractivity contribution in [1.29, 1.82) is 0 Å². The fraction of sp³-hybridized carbons (Fsp3) is 0.722.